The van der Waals surface area contributed by atoms with Crippen LogP contribution >= 0.6 is 0 Å². The van der Waals surface area contributed by atoms with Crippen LogP contribution in [0.25, 0.3) is 11.3 Å². The van der Waals surface area contributed by atoms with E-state index in [0.717, 1.165) is 40.2 Å². The molecule has 3 aromatic rings. The Morgan fingerprint density at radius 2 is 1.90 bits per heavy atom. The van der Waals surface area contributed by atoms with E-state index in [1.54, 1.807) is 4.68 Å². The number of aromatic hydroxyl groups is 1. The maximum Gasteiger partial charge on any atom is 0.295 e. The Balaban J connectivity index is 2.14. The molecule has 5 nitrogen and oxygen atoms in total. The molecule has 0 aliphatic heterocycles. The smallest absolute Gasteiger partial charge is 0.295 e. The summed E-state index contributed by atoms with van der Waals surface area (Å²) in [6.45, 7) is 10.1. The first-order valence-electron chi connectivity index (χ1n) is 10.4. The lowest BCUT2D eigenvalue weighted by atomic mass is 9.92. The van der Waals surface area contributed by atoms with Crippen molar-refractivity contribution in [3.8, 4) is 11.4 Å². The summed E-state index contributed by atoms with van der Waals surface area (Å²) >= 11 is 0. The van der Waals surface area contributed by atoms with Crippen molar-refractivity contribution in [1.82, 2.24) is 9.36 Å². The number of phenolic OH excluding ortho intramolecular Hbond substituents is 1. The van der Waals surface area contributed by atoms with E-state index in [4.69, 9.17) is 0 Å². The van der Waals surface area contributed by atoms with Gasteiger partial charge >= 0.3 is 0 Å². The van der Waals surface area contributed by atoms with Crippen molar-refractivity contribution in [2.45, 2.75) is 47.0 Å². The van der Waals surface area contributed by atoms with Crippen molar-refractivity contribution in [3.63, 3.8) is 0 Å². The van der Waals surface area contributed by atoms with E-state index in [9.17, 15) is 9.90 Å². The summed E-state index contributed by atoms with van der Waals surface area (Å²) in [6.07, 6.45) is 2.89. The monoisotopic (exact) mass is 405 g/mol. The Morgan fingerprint density at radius 1 is 1.23 bits per heavy atom. The number of para-hydroxylation sites is 1. The number of rotatable bonds is 6. The highest BCUT2D eigenvalue weighted by atomic mass is 16.3. The maximum absolute atomic E-state index is 13.3. The van der Waals surface area contributed by atoms with E-state index >= 15 is 0 Å². The highest BCUT2D eigenvalue weighted by Gasteiger charge is 2.19. The van der Waals surface area contributed by atoms with Gasteiger partial charge in [-0.05, 0) is 68.5 Å². The first-order valence-corrected chi connectivity index (χ1v) is 10.4. The topological polar surface area (TPSA) is 59.2 Å². The largest absolute Gasteiger partial charge is 0.507 e. The van der Waals surface area contributed by atoms with Crippen LogP contribution in [-0.4, -0.2) is 14.5 Å². The Hall–Kier alpha value is -3.21. The fraction of sp³-hybridized carbons (Fsp3) is 0.320. The number of aromatic nitrogens is 2. The van der Waals surface area contributed by atoms with E-state index in [1.165, 1.54) is 0 Å². The van der Waals surface area contributed by atoms with E-state index in [0.29, 0.717) is 11.4 Å². The molecule has 1 heterocycles. The second kappa shape index (κ2) is 8.66. The summed E-state index contributed by atoms with van der Waals surface area (Å²) in [5, 5.41) is 14.2. The number of anilines is 2. The average molecular weight is 406 g/mol. The standard InChI is InChI=1S/C25H31N3O2/c1-7-16(3)21-14-19(15-22(24(21)29)17(4)8-2)26-23-18(5)27(6)28(25(23)30)20-12-10-9-11-13-20/h7,9-15,17,26,29H,8H2,1-6H3/b16-7+. The minimum atomic E-state index is -0.108. The van der Waals surface area contributed by atoms with Gasteiger partial charge in [0.25, 0.3) is 5.56 Å². The summed E-state index contributed by atoms with van der Waals surface area (Å²) in [5.74, 6) is 0.519. The van der Waals surface area contributed by atoms with Crippen LogP contribution in [0.4, 0.5) is 11.4 Å². The molecule has 0 amide bonds. The lowest BCUT2D eigenvalue weighted by molar-refractivity contribution is 0.460. The van der Waals surface area contributed by atoms with Gasteiger partial charge in [-0.3, -0.25) is 9.48 Å². The van der Waals surface area contributed by atoms with Crippen molar-refractivity contribution in [3.05, 3.63) is 75.7 Å². The molecule has 0 spiro atoms. The van der Waals surface area contributed by atoms with E-state index in [-0.39, 0.29) is 11.5 Å². The number of hydrogen-bond acceptors (Lipinski definition) is 3. The molecule has 158 valence electrons. The predicted molar refractivity (Wildman–Crippen MR) is 125 cm³/mol. The second-order valence-corrected chi connectivity index (χ2v) is 7.80. The van der Waals surface area contributed by atoms with Crippen molar-refractivity contribution in [2.75, 3.05) is 5.32 Å². The molecule has 30 heavy (non-hydrogen) atoms. The summed E-state index contributed by atoms with van der Waals surface area (Å²) in [5.41, 5.74) is 5.54. The molecular formula is C25H31N3O2. The molecule has 1 aromatic heterocycles. The van der Waals surface area contributed by atoms with Gasteiger partial charge in [-0.2, -0.15) is 0 Å². The zero-order valence-corrected chi connectivity index (χ0v) is 18.7. The summed E-state index contributed by atoms with van der Waals surface area (Å²) in [6, 6.07) is 13.5. The van der Waals surface area contributed by atoms with Gasteiger partial charge in [-0.15, -0.1) is 0 Å². The van der Waals surface area contributed by atoms with Crippen LogP contribution in [0.3, 0.4) is 0 Å². The molecule has 0 aliphatic carbocycles. The average Bonchev–Trinajstić information content (AvgIpc) is 2.97. The highest BCUT2D eigenvalue weighted by molar-refractivity contribution is 5.76. The van der Waals surface area contributed by atoms with Crippen LogP contribution in [-0.2, 0) is 7.05 Å². The number of phenols is 1. The minimum absolute atomic E-state index is 0.108. The van der Waals surface area contributed by atoms with Crippen LogP contribution in [0.1, 0.15) is 56.9 Å². The van der Waals surface area contributed by atoms with Crippen molar-refractivity contribution >= 4 is 16.9 Å². The summed E-state index contributed by atoms with van der Waals surface area (Å²) in [7, 11) is 1.88. The maximum atomic E-state index is 13.3. The Bertz CT molecular complexity index is 1140. The summed E-state index contributed by atoms with van der Waals surface area (Å²) < 4.78 is 3.51. The summed E-state index contributed by atoms with van der Waals surface area (Å²) in [4.78, 5) is 13.3. The molecule has 0 saturated heterocycles. The number of nitrogens with one attached hydrogen (secondary N) is 1. The quantitative estimate of drug-likeness (QED) is 0.504. The number of nitrogens with zero attached hydrogens (tertiary/aromatic N) is 2. The molecule has 2 N–H and O–H groups in total. The van der Waals surface area contributed by atoms with Gasteiger partial charge in [-0.1, -0.05) is 38.1 Å². The third kappa shape index (κ3) is 3.80. The van der Waals surface area contributed by atoms with Crippen molar-refractivity contribution < 1.29 is 5.11 Å². The van der Waals surface area contributed by atoms with Crippen LogP contribution < -0.4 is 10.9 Å². The Kier molecular flexibility index (Phi) is 6.20. The zero-order chi connectivity index (χ0) is 22.0. The van der Waals surface area contributed by atoms with E-state index in [2.05, 4.69) is 19.2 Å². The SMILES string of the molecule is C/C=C(\C)c1cc(Nc2c(C)n(C)n(-c3ccccc3)c2=O)cc(C(C)CC)c1O. The van der Waals surface area contributed by atoms with Crippen LogP contribution in [0, 0.1) is 6.92 Å². The molecule has 0 bridgehead atoms. The lowest BCUT2D eigenvalue weighted by Gasteiger charge is -2.18. The van der Waals surface area contributed by atoms with Gasteiger partial charge in [-0.25, -0.2) is 4.68 Å². The molecule has 2 aromatic carbocycles. The van der Waals surface area contributed by atoms with Gasteiger partial charge in [0.05, 0.1) is 11.4 Å². The first-order chi connectivity index (χ1) is 14.3. The van der Waals surface area contributed by atoms with Gasteiger partial charge in [0.15, 0.2) is 0 Å². The predicted octanol–water partition coefficient (Wildman–Crippen LogP) is 5.87. The van der Waals surface area contributed by atoms with Crippen LogP contribution in [0.2, 0.25) is 0 Å². The highest BCUT2D eigenvalue weighted by Crippen LogP contribution is 2.38. The van der Waals surface area contributed by atoms with Crippen LogP contribution in [0.15, 0.2) is 53.3 Å². The number of allylic oxidation sites excluding steroid dienone is 2. The second-order valence-electron chi connectivity index (χ2n) is 7.80. The molecule has 1 atom stereocenters. The third-order valence-electron chi connectivity index (χ3n) is 5.96. The third-order valence-corrected chi connectivity index (χ3v) is 5.96. The van der Waals surface area contributed by atoms with Crippen LogP contribution in [0.5, 0.6) is 5.75 Å². The van der Waals surface area contributed by atoms with Gasteiger partial charge in [0, 0.05) is 18.3 Å². The van der Waals surface area contributed by atoms with Gasteiger partial charge < -0.3 is 10.4 Å². The Labute approximate surface area is 178 Å². The molecule has 1 unspecified atom stereocenters. The molecule has 0 radical (unpaired) electrons. The molecule has 0 aliphatic rings. The minimum Gasteiger partial charge on any atom is -0.507 e. The molecule has 3 rings (SSSR count). The zero-order valence-electron chi connectivity index (χ0n) is 18.7. The molecule has 0 saturated carbocycles. The van der Waals surface area contributed by atoms with Crippen molar-refractivity contribution in [1.29, 1.82) is 0 Å². The lowest BCUT2D eigenvalue weighted by Crippen LogP contribution is -2.20. The Morgan fingerprint density at radius 3 is 2.50 bits per heavy atom. The van der Waals surface area contributed by atoms with E-state index < -0.39 is 0 Å². The van der Waals surface area contributed by atoms with Crippen molar-refractivity contribution in [2.24, 2.45) is 7.05 Å². The number of hydrogen-bond donors (Lipinski definition) is 2. The van der Waals surface area contributed by atoms with Gasteiger partial charge in [0.1, 0.15) is 11.4 Å². The first kappa shape index (κ1) is 21.5. The molecular weight excluding hydrogens is 374 g/mol. The normalized spacial score (nSPS) is 12.8. The number of benzene rings is 2. The fourth-order valence-corrected chi connectivity index (χ4v) is 3.64. The fourth-order valence-electron chi connectivity index (χ4n) is 3.64. The molecule has 5 heteroatoms. The van der Waals surface area contributed by atoms with E-state index in [1.807, 2.05) is 81.0 Å². The molecule has 0 fully saturated rings. The van der Waals surface area contributed by atoms with Gasteiger partial charge in [0.2, 0.25) is 0 Å².